The van der Waals surface area contributed by atoms with Crippen LogP contribution >= 0.6 is 11.6 Å². The van der Waals surface area contributed by atoms with E-state index in [4.69, 9.17) is 11.6 Å². The van der Waals surface area contributed by atoms with Gasteiger partial charge in [0.05, 0.1) is 5.75 Å². The van der Waals surface area contributed by atoms with E-state index in [2.05, 4.69) is 5.32 Å². The van der Waals surface area contributed by atoms with Gasteiger partial charge in [0.15, 0.2) is 0 Å². The third-order valence-corrected chi connectivity index (χ3v) is 6.67. The molecule has 0 spiro atoms. The summed E-state index contributed by atoms with van der Waals surface area (Å²) in [7, 11) is -3.63. The molecule has 0 unspecified atom stereocenters. The topological polar surface area (TPSA) is 66.5 Å². The van der Waals surface area contributed by atoms with Crippen LogP contribution < -0.4 is 5.32 Å². The second kappa shape index (κ2) is 8.37. The van der Waals surface area contributed by atoms with Gasteiger partial charge in [-0.05, 0) is 37.1 Å². The molecule has 2 aromatic carbocycles. The Bertz CT molecular complexity index is 928. The van der Waals surface area contributed by atoms with Crippen LogP contribution in [0.25, 0.3) is 0 Å². The van der Waals surface area contributed by atoms with Crippen LogP contribution in [-0.4, -0.2) is 31.7 Å². The van der Waals surface area contributed by atoms with Gasteiger partial charge in [-0.3, -0.25) is 4.79 Å². The highest BCUT2D eigenvalue weighted by molar-refractivity contribution is 7.88. The lowest BCUT2D eigenvalue weighted by molar-refractivity contribution is -0.120. The Hall–Kier alpha value is -1.96. The third kappa shape index (κ3) is 5.06. The van der Waals surface area contributed by atoms with Crippen LogP contribution in [0.4, 0.5) is 10.1 Å². The molecular formula is C19H20ClFN2O3S. The van der Waals surface area contributed by atoms with Gasteiger partial charge in [0, 0.05) is 35.3 Å². The van der Waals surface area contributed by atoms with Crippen molar-refractivity contribution >= 4 is 33.2 Å². The van der Waals surface area contributed by atoms with Gasteiger partial charge in [0.25, 0.3) is 0 Å². The minimum Gasteiger partial charge on any atom is -0.326 e. The van der Waals surface area contributed by atoms with Crippen molar-refractivity contribution in [3.8, 4) is 0 Å². The van der Waals surface area contributed by atoms with Crippen molar-refractivity contribution in [1.82, 2.24) is 4.31 Å². The molecule has 144 valence electrons. The highest BCUT2D eigenvalue weighted by atomic mass is 35.5. The molecule has 1 aliphatic heterocycles. The Morgan fingerprint density at radius 3 is 2.52 bits per heavy atom. The molecule has 1 amide bonds. The zero-order valence-corrected chi connectivity index (χ0v) is 16.1. The second-order valence-electron chi connectivity index (χ2n) is 6.52. The molecular weight excluding hydrogens is 391 g/mol. The molecule has 1 N–H and O–H groups in total. The van der Waals surface area contributed by atoms with Gasteiger partial charge in [0.1, 0.15) is 5.82 Å². The summed E-state index contributed by atoms with van der Waals surface area (Å²) in [6.07, 6.45) is 0.839. The number of hydrogen-bond donors (Lipinski definition) is 1. The van der Waals surface area contributed by atoms with E-state index in [0.29, 0.717) is 23.6 Å². The van der Waals surface area contributed by atoms with E-state index in [1.165, 1.54) is 22.5 Å². The molecule has 0 saturated carbocycles. The number of nitrogens with zero attached hydrogens (tertiary/aromatic N) is 1. The molecule has 1 aliphatic rings. The third-order valence-electron chi connectivity index (χ3n) is 4.61. The molecule has 5 nitrogen and oxygen atoms in total. The summed E-state index contributed by atoms with van der Waals surface area (Å²) in [6.45, 7) is 0.481. The van der Waals surface area contributed by atoms with E-state index in [1.54, 1.807) is 30.3 Å². The number of carbonyl (C=O) groups excluding carboxylic acids is 1. The smallest absolute Gasteiger partial charge is 0.227 e. The first-order chi connectivity index (χ1) is 12.8. The van der Waals surface area contributed by atoms with E-state index in [-0.39, 0.29) is 36.2 Å². The Morgan fingerprint density at radius 2 is 1.85 bits per heavy atom. The van der Waals surface area contributed by atoms with Crippen molar-refractivity contribution in [1.29, 1.82) is 0 Å². The Kier molecular flexibility index (Phi) is 6.14. The average molecular weight is 411 g/mol. The molecule has 3 rings (SSSR count). The monoisotopic (exact) mass is 410 g/mol. The summed E-state index contributed by atoms with van der Waals surface area (Å²) in [4.78, 5) is 12.4. The van der Waals surface area contributed by atoms with Crippen LogP contribution in [0.15, 0.2) is 48.5 Å². The predicted molar refractivity (Wildman–Crippen MR) is 103 cm³/mol. The summed E-state index contributed by atoms with van der Waals surface area (Å²) < 4.78 is 40.2. The van der Waals surface area contributed by atoms with Crippen LogP contribution in [0.5, 0.6) is 0 Å². The molecule has 27 heavy (non-hydrogen) atoms. The summed E-state index contributed by atoms with van der Waals surface area (Å²) in [6, 6.07) is 12.7. The van der Waals surface area contributed by atoms with Gasteiger partial charge in [-0.1, -0.05) is 35.9 Å². The average Bonchev–Trinajstić information content (AvgIpc) is 2.64. The number of nitrogens with one attached hydrogen (secondary N) is 1. The Labute approximate surface area is 163 Å². The maximum Gasteiger partial charge on any atom is 0.227 e. The summed E-state index contributed by atoms with van der Waals surface area (Å²) in [5.41, 5.74) is 0.764. The minimum atomic E-state index is -3.63. The molecule has 0 bridgehead atoms. The first-order valence-corrected chi connectivity index (χ1v) is 10.6. The van der Waals surface area contributed by atoms with Crippen LogP contribution in [0.2, 0.25) is 5.02 Å². The van der Waals surface area contributed by atoms with Gasteiger partial charge in [-0.25, -0.2) is 17.1 Å². The number of carbonyl (C=O) groups is 1. The van der Waals surface area contributed by atoms with Crippen molar-refractivity contribution in [3.05, 3.63) is 64.9 Å². The lowest BCUT2D eigenvalue weighted by Crippen LogP contribution is -2.42. The molecule has 1 heterocycles. The first-order valence-electron chi connectivity index (χ1n) is 8.63. The lowest BCUT2D eigenvalue weighted by Gasteiger charge is -2.30. The standard InChI is InChI=1S/C19H20ClFN2O3S/c20-16-5-3-6-17(12-16)22-19(24)14-8-10-23(11-9-14)27(25,26)13-15-4-1-2-7-18(15)21/h1-7,12,14H,8-11,13H2,(H,22,24). The number of halogens is 2. The highest BCUT2D eigenvalue weighted by Gasteiger charge is 2.31. The van der Waals surface area contributed by atoms with Crippen LogP contribution in [0.1, 0.15) is 18.4 Å². The molecule has 2 aromatic rings. The molecule has 1 saturated heterocycles. The van der Waals surface area contributed by atoms with Crippen molar-refractivity contribution in [2.24, 2.45) is 5.92 Å². The summed E-state index contributed by atoms with van der Waals surface area (Å²) in [5.74, 6) is -1.33. The van der Waals surface area contributed by atoms with E-state index in [0.717, 1.165) is 0 Å². The van der Waals surface area contributed by atoms with E-state index in [9.17, 15) is 17.6 Å². The molecule has 1 fully saturated rings. The maximum absolute atomic E-state index is 13.7. The molecule has 0 radical (unpaired) electrons. The van der Waals surface area contributed by atoms with Crippen molar-refractivity contribution < 1.29 is 17.6 Å². The zero-order valence-electron chi connectivity index (χ0n) is 14.6. The molecule has 0 aromatic heterocycles. The summed E-state index contributed by atoms with van der Waals surface area (Å²) in [5, 5.41) is 3.34. The van der Waals surface area contributed by atoms with Gasteiger partial charge < -0.3 is 5.32 Å². The number of piperidine rings is 1. The van der Waals surface area contributed by atoms with Gasteiger partial charge in [-0.15, -0.1) is 0 Å². The number of sulfonamides is 1. The number of rotatable bonds is 5. The molecule has 0 atom stereocenters. The largest absolute Gasteiger partial charge is 0.326 e. The van der Waals surface area contributed by atoms with Crippen LogP contribution in [0.3, 0.4) is 0 Å². The zero-order chi connectivity index (χ0) is 19.4. The number of hydrogen-bond acceptors (Lipinski definition) is 3. The van der Waals surface area contributed by atoms with Gasteiger partial charge >= 0.3 is 0 Å². The number of benzene rings is 2. The Morgan fingerprint density at radius 1 is 1.15 bits per heavy atom. The first kappa shape index (κ1) is 19.8. The van der Waals surface area contributed by atoms with Crippen molar-refractivity contribution in [2.45, 2.75) is 18.6 Å². The maximum atomic E-state index is 13.7. The van der Waals surface area contributed by atoms with Crippen LogP contribution in [0, 0.1) is 11.7 Å². The van der Waals surface area contributed by atoms with E-state index >= 15 is 0 Å². The summed E-state index contributed by atoms with van der Waals surface area (Å²) >= 11 is 5.91. The fraction of sp³-hybridized carbons (Fsp3) is 0.316. The van der Waals surface area contributed by atoms with Crippen LogP contribution in [-0.2, 0) is 20.6 Å². The van der Waals surface area contributed by atoms with E-state index in [1.807, 2.05) is 0 Å². The fourth-order valence-electron chi connectivity index (χ4n) is 3.11. The van der Waals surface area contributed by atoms with E-state index < -0.39 is 15.8 Å². The Balaban J connectivity index is 1.58. The number of anilines is 1. The fourth-order valence-corrected chi connectivity index (χ4v) is 4.88. The lowest BCUT2D eigenvalue weighted by atomic mass is 9.97. The van der Waals surface area contributed by atoms with Crippen molar-refractivity contribution in [2.75, 3.05) is 18.4 Å². The second-order valence-corrected chi connectivity index (χ2v) is 8.93. The van der Waals surface area contributed by atoms with Crippen molar-refractivity contribution in [3.63, 3.8) is 0 Å². The minimum absolute atomic E-state index is 0.150. The predicted octanol–water partition coefficient (Wildman–Crippen LogP) is 3.66. The highest BCUT2D eigenvalue weighted by Crippen LogP contribution is 2.24. The quantitative estimate of drug-likeness (QED) is 0.818. The molecule has 0 aliphatic carbocycles. The SMILES string of the molecule is O=C(Nc1cccc(Cl)c1)C1CCN(S(=O)(=O)Cc2ccccc2F)CC1. The molecule has 8 heteroatoms. The van der Waals surface area contributed by atoms with Gasteiger partial charge in [-0.2, -0.15) is 0 Å². The normalized spacial score (nSPS) is 16.2. The van der Waals surface area contributed by atoms with Gasteiger partial charge in [0.2, 0.25) is 15.9 Å². The number of amides is 1.